The molecule has 0 amide bonds. The van der Waals surface area contributed by atoms with E-state index in [1.807, 2.05) is 0 Å². The number of hydrogen-bond donors (Lipinski definition) is 1. The van der Waals surface area contributed by atoms with Gasteiger partial charge in [-0.2, -0.15) is 17.7 Å². The van der Waals surface area contributed by atoms with Crippen LogP contribution in [-0.4, -0.2) is 17.7 Å². The molecule has 0 saturated carbocycles. The molecule has 0 radical (unpaired) electrons. The number of allylic oxidation sites excluding steroid dienone is 1. The summed E-state index contributed by atoms with van der Waals surface area (Å²) in [7, 11) is 0. The highest BCUT2D eigenvalue weighted by Crippen LogP contribution is 2.24. The van der Waals surface area contributed by atoms with Gasteiger partial charge >= 0.3 is 6.18 Å². The van der Waals surface area contributed by atoms with Crippen LogP contribution in [0.2, 0.25) is 0 Å². The van der Waals surface area contributed by atoms with Gasteiger partial charge in [-0.25, -0.2) is 0 Å². The van der Waals surface area contributed by atoms with Gasteiger partial charge in [-0.15, -0.1) is 0 Å². The Morgan fingerprint density at radius 3 is 2.33 bits per heavy atom. The third-order valence-electron chi connectivity index (χ3n) is 1.55. The summed E-state index contributed by atoms with van der Waals surface area (Å²) in [6.45, 7) is 1.66. The Labute approximate surface area is 89.9 Å². The number of carbonyl (C=O) groups excluding carboxylic acids is 1. The van der Waals surface area contributed by atoms with Crippen molar-refractivity contribution in [2.75, 3.05) is 0 Å². The Hall–Kier alpha value is -1.04. The summed E-state index contributed by atoms with van der Waals surface area (Å²) >= 11 is 4.79. The van der Waals surface area contributed by atoms with E-state index in [-0.39, 0.29) is 6.42 Å². The lowest BCUT2D eigenvalue weighted by atomic mass is 10.0. The van der Waals surface area contributed by atoms with Gasteiger partial charge in [-0.05, 0) is 6.42 Å². The molecule has 0 atom stereocenters. The number of hydrogen-bond acceptors (Lipinski definition) is 3. The minimum atomic E-state index is -4.78. The third-order valence-corrected chi connectivity index (χ3v) is 1.72. The highest BCUT2D eigenvalue weighted by Gasteiger charge is 2.40. The lowest BCUT2D eigenvalue weighted by Gasteiger charge is -2.10. The predicted octanol–water partition coefficient (Wildman–Crippen LogP) is 2.36. The summed E-state index contributed by atoms with van der Waals surface area (Å²) in [5.74, 6) is -0.725. The zero-order valence-electron chi connectivity index (χ0n) is 7.94. The summed E-state index contributed by atoms with van der Waals surface area (Å²) in [6, 6.07) is 0. The van der Waals surface area contributed by atoms with Crippen LogP contribution in [0.1, 0.15) is 19.8 Å². The van der Waals surface area contributed by atoms with E-state index in [9.17, 15) is 18.0 Å². The molecule has 0 spiro atoms. The summed E-state index contributed by atoms with van der Waals surface area (Å²) in [5.41, 5.74) is 2.81. The van der Waals surface area contributed by atoms with Gasteiger partial charge < -0.3 is 5.73 Å². The Kier molecular flexibility index (Phi) is 5.35. The predicted molar refractivity (Wildman–Crippen MR) is 51.5 cm³/mol. The molecule has 0 aromatic heterocycles. The van der Waals surface area contributed by atoms with Gasteiger partial charge in [0.05, 0.1) is 5.57 Å². The molecule has 0 aliphatic heterocycles. The van der Waals surface area contributed by atoms with Crippen LogP contribution in [0.15, 0.2) is 16.3 Å². The zero-order valence-corrected chi connectivity index (χ0v) is 8.69. The van der Waals surface area contributed by atoms with Crippen molar-refractivity contribution < 1.29 is 18.0 Å². The minimum absolute atomic E-state index is 0.0327. The zero-order chi connectivity index (χ0) is 12.1. The van der Waals surface area contributed by atoms with Crippen molar-refractivity contribution in [3.8, 4) is 0 Å². The van der Waals surface area contributed by atoms with E-state index >= 15 is 0 Å². The molecular weight excluding hydrogens is 233 g/mol. The van der Waals surface area contributed by atoms with Crippen LogP contribution in [0, 0.1) is 0 Å². The van der Waals surface area contributed by atoms with Crippen LogP contribution in [0.4, 0.5) is 13.2 Å². The molecular formula is C8H10ClF3N2O. The van der Waals surface area contributed by atoms with Crippen LogP contribution in [-0.2, 0) is 4.79 Å². The second kappa shape index (κ2) is 5.75. The Morgan fingerprint density at radius 2 is 2.07 bits per heavy atom. The van der Waals surface area contributed by atoms with Gasteiger partial charge in [0, 0.05) is 24.4 Å². The lowest BCUT2D eigenvalue weighted by Crippen LogP contribution is -2.28. The molecule has 86 valence electrons. The molecule has 0 aromatic rings. The minimum Gasteiger partial charge on any atom is -0.404 e. The molecule has 0 rings (SSSR count). The van der Waals surface area contributed by atoms with E-state index in [1.165, 1.54) is 0 Å². The molecule has 15 heavy (non-hydrogen) atoms. The molecule has 0 aliphatic rings. The number of halogens is 4. The number of nitrogens with zero attached hydrogens (tertiary/aromatic N) is 1. The number of nitrogens with two attached hydrogens (primary N) is 1. The first-order chi connectivity index (χ1) is 6.88. The van der Waals surface area contributed by atoms with E-state index in [1.54, 1.807) is 6.92 Å². The first kappa shape index (κ1) is 14.0. The first-order valence-electron chi connectivity index (χ1n) is 4.10. The average molecular weight is 243 g/mol. The van der Waals surface area contributed by atoms with Crippen LogP contribution in [0.5, 0.6) is 0 Å². The fourth-order valence-corrected chi connectivity index (χ4v) is 1.10. The number of alkyl halides is 3. The Bertz CT molecular complexity index is 297. The van der Waals surface area contributed by atoms with Crippen molar-refractivity contribution in [3.05, 3.63) is 11.8 Å². The highest BCUT2D eigenvalue weighted by molar-refractivity contribution is 6.31. The third kappa shape index (κ3) is 3.91. The van der Waals surface area contributed by atoms with Crippen LogP contribution in [0.3, 0.4) is 0 Å². The summed E-state index contributed by atoms with van der Waals surface area (Å²) < 4.78 is 39.4. The number of ketones is 1. The van der Waals surface area contributed by atoms with Crippen molar-refractivity contribution in [1.82, 2.24) is 0 Å². The molecule has 0 aliphatic carbocycles. The SMILES string of the molecule is CCCC(=O)C(=C/N)/C(=N\Cl)C(F)(F)F. The van der Waals surface area contributed by atoms with E-state index in [0.29, 0.717) is 12.6 Å². The van der Waals surface area contributed by atoms with Gasteiger partial charge in [0.2, 0.25) is 0 Å². The maximum atomic E-state index is 12.3. The second-order valence-corrected chi connectivity index (χ2v) is 2.85. The quantitative estimate of drug-likeness (QED) is 0.608. The molecule has 0 saturated heterocycles. The van der Waals surface area contributed by atoms with Gasteiger partial charge in [0.25, 0.3) is 0 Å². The molecule has 7 heteroatoms. The maximum absolute atomic E-state index is 12.3. The molecule has 3 nitrogen and oxygen atoms in total. The summed E-state index contributed by atoms with van der Waals surface area (Å²) in [4.78, 5) is 11.2. The number of rotatable bonds is 4. The summed E-state index contributed by atoms with van der Waals surface area (Å²) in [6.07, 6.45) is -3.82. The van der Waals surface area contributed by atoms with Crippen molar-refractivity contribution in [1.29, 1.82) is 0 Å². The lowest BCUT2D eigenvalue weighted by molar-refractivity contribution is -0.115. The van der Waals surface area contributed by atoms with E-state index in [0.717, 1.165) is 0 Å². The van der Waals surface area contributed by atoms with Crippen molar-refractivity contribution in [3.63, 3.8) is 0 Å². The monoisotopic (exact) mass is 242 g/mol. The first-order valence-corrected chi connectivity index (χ1v) is 4.43. The molecule has 0 bridgehead atoms. The van der Waals surface area contributed by atoms with Gasteiger partial charge in [0.15, 0.2) is 11.5 Å². The van der Waals surface area contributed by atoms with Crippen molar-refractivity contribution in [2.24, 2.45) is 10.2 Å². The Balaban J connectivity index is 5.07. The fraction of sp³-hybridized carbons (Fsp3) is 0.500. The van der Waals surface area contributed by atoms with Gasteiger partial charge in [-0.1, -0.05) is 6.92 Å². The van der Waals surface area contributed by atoms with Gasteiger partial charge in [-0.3, -0.25) is 4.79 Å². The Morgan fingerprint density at radius 1 is 1.53 bits per heavy atom. The largest absolute Gasteiger partial charge is 0.435 e. The van der Waals surface area contributed by atoms with Crippen LogP contribution in [0.25, 0.3) is 0 Å². The smallest absolute Gasteiger partial charge is 0.404 e. The molecule has 2 N–H and O–H groups in total. The standard InChI is InChI=1S/C8H10ClF3N2O/c1-2-3-6(15)5(4-13)7(14-9)8(10,11)12/h4H,2-3,13H2,1H3/b5-4-,14-7+. The second-order valence-electron chi connectivity index (χ2n) is 2.68. The van der Waals surface area contributed by atoms with E-state index < -0.39 is 23.2 Å². The topological polar surface area (TPSA) is 55.5 Å². The number of carbonyl (C=O) groups is 1. The fourth-order valence-electron chi connectivity index (χ4n) is 0.912. The van der Waals surface area contributed by atoms with Crippen LogP contribution >= 0.6 is 11.8 Å². The molecule has 0 aromatic carbocycles. The van der Waals surface area contributed by atoms with E-state index in [2.05, 4.69) is 4.51 Å². The summed E-state index contributed by atoms with van der Waals surface area (Å²) in [5, 5.41) is 0. The maximum Gasteiger partial charge on any atom is 0.435 e. The number of Topliss-reactive ketones (excluding diaryl/α,β-unsaturated/α-hetero) is 1. The highest BCUT2D eigenvalue weighted by atomic mass is 35.5. The normalized spacial score (nSPS) is 14.2. The molecule has 0 unspecified atom stereocenters. The van der Waals surface area contributed by atoms with E-state index in [4.69, 9.17) is 17.5 Å². The van der Waals surface area contributed by atoms with Crippen molar-refractivity contribution in [2.45, 2.75) is 25.9 Å². The molecule has 0 heterocycles. The van der Waals surface area contributed by atoms with Crippen LogP contribution < -0.4 is 5.73 Å². The van der Waals surface area contributed by atoms with Crippen molar-refractivity contribution >= 4 is 23.3 Å². The average Bonchev–Trinajstić information content (AvgIpc) is 2.11. The molecule has 0 fully saturated rings. The van der Waals surface area contributed by atoms with Gasteiger partial charge in [0.1, 0.15) is 0 Å².